The minimum atomic E-state index is -4.83. The SMILES string of the molecule is Cc1c(OC(F)(F)F)ccc(Cl)c1F. The molecule has 0 heterocycles. The Kier molecular flexibility index (Phi) is 2.89. The van der Waals surface area contributed by atoms with Crippen molar-refractivity contribution >= 4 is 11.6 Å². The van der Waals surface area contributed by atoms with Crippen molar-refractivity contribution < 1.29 is 22.3 Å². The van der Waals surface area contributed by atoms with Crippen molar-refractivity contribution in [1.82, 2.24) is 0 Å². The van der Waals surface area contributed by atoms with Crippen molar-refractivity contribution in [2.45, 2.75) is 13.3 Å². The van der Waals surface area contributed by atoms with E-state index < -0.39 is 17.9 Å². The topological polar surface area (TPSA) is 9.23 Å². The van der Waals surface area contributed by atoms with Gasteiger partial charge in [-0.05, 0) is 19.1 Å². The predicted molar refractivity (Wildman–Crippen MR) is 42.8 cm³/mol. The molecule has 0 aliphatic carbocycles. The van der Waals surface area contributed by atoms with Crippen LogP contribution in [-0.4, -0.2) is 6.36 Å². The number of hydrogen-bond acceptors (Lipinski definition) is 1. The summed E-state index contributed by atoms with van der Waals surface area (Å²) >= 11 is 5.35. The Labute approximate surface area is 82.2 Å². The molecule has 0 bridgehead atoms. The van der Waals surface area contributed by atoms with Gasteiger partial charge in [0.2, 0.25) is 0 Å². The second-order valence-corrected chi connectivity index (χ2v) is 2.94. The van der Waals surface area contributed by atoms with Crippen LogP contribution in [-0.2, 0) is 0 Å². The standard InChI is InChI=1S/C8H5ClF4O/c1-4-6(14-8(11,12)13)3-2-5(9)7(4)10/h2-3H,1H3. The summed E-state index contributed by atoms with van der Waals surface area (Å²) in [5.74, 6) is -1.49. The first-order valence-corrected chi connectivity index (χ1v) is 3.89. The van der Waals surface area contributed by atoms with Crippen LogP contribution >= 0.6 is 11.6 Å². The second kappa shape index (κ2) is 3.65. The van der Waals surface area contributed by atoms with Crippen LogP contribution in [0.5, 0.6) is 5.75 Å². The molecule has 6 heteroatoms. The predicted octanol–water partition coefficient (Wildman–Crippen LogP) is 3.69. The zero-order chi connectivity index (χ0) is 10.9. The van der Waals surface area contributed by atoms with Crippen molar-refractivity contribution in [3.8, 4) is 5.75 Å². The van der Waals surface area contributed by atoms with E-state index >= 15 is 0 Å². The molecule has 0 aliphatic heterocycles. The molecule has 0 fully saturated rings. The average molecular weight is 229 g/mol. The van der Waals surface area contributed by atoms with Gasteiger partial charge in [0.15, 0.2) is 0 Å². The molecule has 1 rings (SSSR count). The monoisotopic (exact) mass is 228 g/mol. The van der Waals surface area contributed by atoms with E-state index in [1.54, 1.807) is 0 Å². The van der Waals surface area contributed by atoms with Crippen LogP contribution in [0.4, 0.5) is 17.6 Å². The highest BCUT2D eigenvalue weighted by molar-refractivity contribution is 6.30. The molecule has 1 nitrogen and oxygen atoms in total. The normalized spacial score (nSPS) is 11.6. The summed E-state index contributed by atoms with van der Waals surface area (Å²) in [6, 6.07) is 1.97. The molecular weight excluding hydrogens is 224 g/mol. The lowest BCUT2D eigenvalue weighted by Crippen LogP contribution is -2.18. The molecule has 78 valence electrons. The summed E-state index contributed by atoms with van der Waals surface area (Å²) in [7, 11) is 0. The molecule has 0 saturated heterocycles. The summed E-state index contributed by atoms with van der Waals surface area (Å²) in [6.07, 6.45) is -4.83. The third-order valence-electron chi connectivity index (χ3n) is 1.52. The van der Waals surface area contributed by atoms with E-state index in [0.29, 0.717) is 0 Å². The third kappa shape index (κ3) is 2.51. The van der Waals surface area contributed by atoms with Crippen molar-refractivity contribution in [1.29, 1.82) is 0 Å². The number of benzene rings is 1. The van der Waals surface area contributed by atoms with Gasteiger partial charge < -0.3 is 4.74 Å². The Bertz CT molecular complexity index is 348. The molecular formula is C8H5ClF4O. The lowest BCUT2D eigenvalue weighted by molar-refractivity contribution is -0.274. The van der Waals surface area contributed by atoms with Gasteiger partial charge in [-0.1, -0.05) is 11.6 Å². The molecule has 0 atom stereocenters. The van der Waals surface area contributed by atoms with Crippen molar-refractivity contribution in [2.75, 3.05) is 0 Å². The van der Waals surface area contributed by atoms with Crippen molar-refractivity contribution in [3.63, 3.8) is 0 Å². The summed E-state index contributed by atoms with van der Waals surface area (Å²) in [6.45, 7) is 1.16. The Morgan fingerprint density at radius 3 is 2.36 bits per heavy atom. The molecule has 0 amide bonds. The zero-order valence-electron chi connectivity index (χ0n) is 6.95. The molecule has 0 aromatic heterocycles. The highest BCUT2D eigenvalue weighted by atomic mass is 35.5. The largest absolute Gasteiger partial charge is 0.573 e. The molecule has 14 heavy (non-hydrogen) atoms. The lowest BCUT2D eigenvalue weighted by Gasteiger charge is -2.11. The number of alkyl halides is 3. The maximum absolute atomic E-state index is 13.0. The van der Waals surface area contributed by atoms with E-state index in [1.165, 1.54) is 0 Å². The summed E-state index contributed by atoms with van der Waals surface area (Å²) in [4.78, 5) is 0. The van der Waals surface area contributed by atoms with Crippen LogP contribution in [0.25, 0.3) is 0 Å². The minimum absolute atomic E-state index is 0.239. The summed E-state index contributed by atoms with van der Waals surface area (Å²) in [5.41, 5.74) is -0.269. The molecule has 1 aromatic carbocycles. The smallest absolute Gasteiger partial charge is 0.405 e. The van der Waals surface area contributed by atoms with Gasteiger partial charge in [-0.25, -0.2) is 4.39 Å². The van der Waals surface area contributed by atoms with E-state index in [1.807, 2.05) is 0 Å². The fraction of sp³-hybridized carbons (Fsp3) is 0.250. The number of hydrogen-bond donors (Lipinski definition) is 0. The zero-order valence-corrected chi connectivity index (χ0v) is 7.71. The Balaban J connectivity index is 3.06. The van der Waals surface area contributed by atoms with Gasteiger partial charge in [0, 0.05) is 5.56 Å². The quantitative estimate of drug-likeness (QED) is 0.666. The van der Waals surface area contributed by atoms with Gasteiger partial charge in [-0.15, -0.1) is 13.2 Å². The lowest BCUT2D eigenvalue weighted by atomic mass is 10.2. The van der Waals surface area contributed by atoms with Crippen LogP contribution in [0.1, 0.15) is 5.56 Å². The number of ether oxygens (including phenoxy) is 1. The molecule has 0 saturated carbocycles. The summed E-state index contributed by atoms with van der Waals surface area (Å²) < 4.78 is 51.9. The Morgan fingerprint density at radius 2 is 1.86 bits per heavy atom. The van der Waals surface area contributed by atoms with Crippen LogP contribution in [0.3, 0.4) is 0 Å². The number of halogens is 5. The molecule has 0 aliphatic rings. The van der Waals surface area contributed by atoms with Gasteiger partial charge in [0.05, 0.1) is 5.02 Å². The first-order chi connectivity index (χ1) is 6.31. The van der Waals surface area contributed by atoms with Gasteiger partial charge in [0.1, 0.15) is 11.6 Å². The van der Waals surface area contributed by atoms with Crippen LogP contribution in [0.15, 0.2) is 12.1 Å². The molecule has 0 radical (unpaired) electrons. The summed E-state index contributed by atoms with van der Waals surface area (Å²) in [5, 5.41) is -0.239. The average Bonchev–Trinajstić information content (AvgIpc) is 2.04. The maximum Gasteiger partial charge on any atom is 0.573 e. The fourth-order valence-corrected chi connectivity index (χ4v) is 1.07. The van der Waals surface area contributed by atoms with Gasteiger partial charge in [0.25, 0.3) is 0 Å². The molecule has 1 aromatic rings. The molecule has 0 unspecified atom stereocenters. The van der Waals surface area contributed by atoms with Crippen LogP contribution < -0.4 is 4.74 Å². The first-order valence-electron chi connectivity index (χ1n) is 3.51. The van der Waals surface area contributed by atoms with Crippen LogP contribution in [0, 0.1) is 12.7 Å². The fourth-order valence-electron chi connectivity index (χ4n) is 0.870. The van der Waals surface area contributed by atoms with Crippen molar-refractivity contribution in [3.05, 3.63) is 28.5 Å². The van der Waals surface area contributed by atoms with Gasteiger partial charge in [-0.3, -0.25) is 0 Å². The van der Waals surface area contributed by atoms with Gasteiger partial charge in [-0.2, -0.15) is 0 Å². The highest BCUT2D eigenvalue weighted by Crippen LogP contribution is 2.30. The second-order valence-electron chi connectivity index (χ2n) is 2.53. The van der Waals surface area contributed by atoms with E-state index in [4.69, 9.17) is 11.6 Å². The van der Waals surface area contributed by atoms with E-state index in [-0.39, 0.29) is 10.6 Å². The minimum Gasteiger partial charge on any atom is -0.405 e. The Morgan fingerprint density at radius 1 is 1.29 bits per heavy atom. The van der Waals surface area contributed by atoms with Gasteiger partial charge >= 0.3 is 6.36 Å². The Hall–Kier alpha value is -0.970. The third-order valence-corrected chi connectivity index (χ3v) is 1.81. The maximum atomic E-state index is 13.0. The number of rotatable bonds is 1. The van der Waals surface area contributed by atoms with Crippen LogP contribution in [0.2, 0.25) is 5.02 Å². The van der Waals surface area contributed by atoms with E-state index in [0.717, 1.165) is 19.1 Å². The molecule has 0 spiro atoms. The highest BCUT2D eigenvalue weighted by Gasteiger charge is 2.32. The van der Waals surface area contributed by atoms with E-state index in [2.05, 4.69) is 4.74 Å². The first kappa shape index (κ1) is 11.1. The van der Waals surface area contributed by atoms with E-state index in [9.17, 15) is 17.6 Å². The molecule has 0 N–H and O–H groups in total. The van der Waals surface area contributed by atoms with Crippen molar-refractivity contribution in [2.24, 2.45) is 0 Å².